The molecule has 0 fully saturated rings. The summed E-state index contributed by atoms with van der Waals surface area (Å²) in [6.45, 7) is 5.38. The van der Waals surface area contributed by atoms with Crippen LogP contribution in [0.15, 0.2) is 47.1 Å². The van der Waals surface area contributed by atoms with E-state index in [0.717, 1.165) is 31.6 Å². The number of hydrogen-bond acceptors (Lipinski definition) is 2. The van der Waals surface area contributed by atoms with E-state index >= 15 is 0 Å². The van der Waals surface area contributed by atoms with Gasteiger partial charge in [-0.15, -0.1) is 0 Å². The topological polar surface area (TPSA) is 25.2 Å². The fraction of sp³-hybridized carbons (Fsp3) is 0.412. The van der Waals surface area contributed by atoms with Crippen molar-refractivity contribution in [2.45, 2.75) is 39.2 Å². The SMILES string of the molecule is CCCNC(Cc1ccc(CC)cc1)c1ccco1. The highest BCUT2D eigenvalue weighted by Crippen LogP contribution is 2.19. The molecule has 0 aliphatic rings. The fourth-order valence-electron chi connectivity index (χ4n) is 2.23. The minimum atomic E-state index is 0.266. The van der Waals surface area contributed by atoms with Crippen LogP contribution in [0, 0.1) is 0 Å². The van der Waals surface area contributed by atoms with Gasteiger partial charge in [0.1, 0.15) is 5.76 Å². The summed E-state index contributed by atoms with van der Waals surface area (Å²) >= 11 is 0. The zero-order valence-corrected chi connectivity index (χ0v) is 11.9. The van der Waals surface area contributed by atoms with E-state index in [4.69, 9.17) is 4.42 Å². The van der Waals surface area contributed by atoms with Crippen molar-refractivity contribution in [1.82, 2.24) is 5.32 Å². The molecule has 1 aromatic carbocycles. The first-order valence-electron chi connectivity index (χ1n) is 7.18. The highest BCUT2D eigenvalue weighted by molar-refractivity contribution is 5.24. The largest absolute Gasteiger partial charge is 0.468 e. The first kappa shape index (κ1) is 13.9. The van der Waals surface area contributed by atoms with Gasteiger partial charge in [0.15, 0.2) is 0 Å². The molecule has 0 saturated carbocycles. The molecular formula is C17H23NO. The Balaban J connectivity index is 2.06. The van der Waals surface area contributed by atoms with Crippen molar-refractivity contribution in [1.29, 1.82) is 0 Å². The lowest BCUT2D eigenvalue weighted by atomic mass is 10.0. The molecule has 2 rings (SSSR count). The molecule has 0 aliphatic carbocycles. The Morgan fingerprint density at radius 3 is 2.37 bits per heavy atom. The van der Waals surface area contributed by atoms with Crippen molar-refractivity contribution < 1.29 is 4.42 Å². The summed E-state index contributed by atoms with van der Waals surface area (Å²) in [7, 11) is 0. The summed E-state index contributed by atoms with van der Waals surface area (Å²) in [5.41, 5.74) is 2.74. The van der Waals surface area contributed by atoms with E-state index in [9.17, 15) is 0 Å². The number of nitrogens with one attached hydrogen (secondary N) is 1. The molecule has 0 radical (unpaired) electrons. The van der Waals surface area contributed by atoms with Gasteiger partial charge in [0.25, 0.3) is 0 Å². The standard InChI is InChI=1S/C17H23NO/c1-3-11-18-16(17-6-5-12-19-17)13-15-9-7-14(4-2)8-10-15/h5-10,12,16,18H,3-4,11,13H2,1-2H3. The van der Waals surface area contributed by atoms with Crippen LogP contribution in [0.5, 0.6) is 0 Å². The van der Waals surface area contributed by atoms with Crippen molar-refractivity contribution in [3.8, 4) is 0 Å². The van der Waals surface area contributed by atoms with Gasteiger partial charge in [0, 0.05) is 0 Å². The zero-order valence-electron chi connectivity index (χ0n) is 11.9. The van der Waals surface area contributed by atoms with Gasteiger partial charge in [0.05, 0.1) is 12.3 Å². The monoisotopic (exact) mass is 257 g/mol. The summed E-state index contributed by atoms with van der Waals surface area (Å²) in [6, 6.07) is 13.2. The minimum Gasteiger partial charge on any atom is -0.468 e. The van der Waals surface area contributed by atoms with Crippen LogP contribution < -0.4 is 5.32 Å². The average Bonchev–Trinajstić information content (AvgIpc) is 2.98. The van der Waals surface area contributed by atoms with Gasteiger partial charge in [-0.25, -0.2) is 0 Å². The third-order valence-electron chi connectivity index (χ3n) is 3.40. The van der Waals surface area contributed by atoms with E-state index in [1.165, 1.54) is 11.1 Å². The second-order valence-electron chi connectivity index (χ2n) is 4.90. The zero-order chi connectivity index (χ0) is 13.5. The lowest BCUT2D eigenvalue weighted by Crippen LogP contribution is -2.23. The van der Waals surface area contributed by atoms with Crippen LogP contribution in [0.3, 0.4) is 0 Å². The molecule has 0 spiro atoms. The lowest BCUT2D eigenvalue weighted by Gasteiger charge is -2.16. The van der Waals surface area contributed by atoms with Crippen LogP contribution in [0.25, 0.3) is 0 Å². The molecule has 0 aliphatic heterocycles. The van der Waals surface area contributed by atoms with Crippen LogP contribution in [0.1, 0.15) is 43.2 Å². The van der Waals surface area contributed by atoms with Crippen LogP contribution in [0.4, 0.5) is 0 Å². The van der Waals surface area contributed by atoms with Crippen molar-refractivity contribution in [2.75, 3.05) is 6.54 Å². The Morgan fingerprint density at radius 2 is 1.79 bits per heavy atom. The van der Waals surface area contributed by atoms with Crippen molar-refractivity contribution in [2.24, 2.45) is 0 Å². The summed E-state index contributed by atoms with van der Waals surface area (Å²) in [5, 5.41) is 3.56. The van der Waals surface area contributed by atoms with Gasteiger partial charge < -0.3 is 9.73 Å². The third-order valence-corrected chi connectivity index (χ3v) is 3.40. The number of aryl methyl sites for hydroxylation is 1. The molecule has 102 valence electrons. The molecule has 1 unspecified atom stereocenters. The molecule has 19 heavy (non-hydrogen) atoms. The van der Waals surface area contributed by atoms with Gasteiger partial charge in [-0.05, 0) is 49.1 Å². The second kappa shape index (κ2) is 7.15. The van der Waals surface area contributed by atoms with E-state index in [-0.39, 0.29) is 6.04 Å². The van der Waals surface area contributed by atoms with Crippen molar-refractivity contribution >= 4 is 0 Å². The normalized spacial score (nSPS) is 12.5. The molecule has 0 saturated heterocycles. The average molecular weight is 257 g/mol. The number of rotatable bonds is 7. The highest BCUT2D eigenvalue weighted by Gasteiger charge is 2.13. The number of benzene rings is 1. The Morgan fingerprint density at radius 1 is 1.05 bits per heavy atom. The molecule has 1 N–H and O–H groups in total. The summed E-state index contributed by atoms with van der Waals surface area (Å²) in [6.07, 6.45) is 4.94. The molecule has 2 nitrogen and oxygen atoms in total. The Kier molecular flexibility index (Phi) is 5.22. The molecule has 1 atom stereocenters. The maximum Gasteiger partial charge on any atom is 0.121 e. The van der Waals surface area contributed by atoms with E-state index in [2.05, 4.69) is 43.4 Å². The summed E-state index contributed by atoms with van der Waals surface area (Å²) in [5.74, 6) is 1.02. The maximum atomic E-state index is 5.55. The molecule has 0 bridgehead atoms. The molecule has 1 aromatic heterocycles. The van der Waals surface area contributed by atoms with E-state index in [1.54, 1.807) is 6.26 Å². The Labute approximate surface area is 115 Å². The van der Waals surface area contributed by atoms with E-state index in [1.807, 2.05) is 12.1 Å². The lowest BCUT2D eigenvalue weighted by molar-refractivity contribution is 0.410. The Hall–Kier alpha value is -1.54. The summed E-state index contributed by atoms with van der Waals surface area (Å²) in [4.78, 5) is 0. The van der Waals surface area contributed by atoms with Gasteiger partial charge >= 0.3 is 0 Å². The minimum absolute atomic E-state index is 0.266. The van der Waals surface area contributed by atoms with Gasteiger partial charge in [-0.2, -0.15) is 0 Å². The molecule has 0 amide bonds. The molecule has 2 heteroatoms. The smallest absolute Gasteiger partial charge is 0.121 e. The Bertz CT molecular complexity index is 459. The van der Waals surface area contributed by atoms with Gasteiger partial charge in [0.2, 0.25) is 0 Å². The van der Waals surface area contributed by atoms with Crippen molar-refractivity contribution in [3.05, 3.63) is 59.5 Å². The van der Waals surface area contributed by atoms with E-state index in [0.29, 0.717) is 0 Å². The number of hydrogen-bond donors (Lipinski definition) is 1. The predicted octanol–water partition coefficient (Wildman–Crippen LogP) is 4.13. The van der Waals surface area contributed by atoms with Gasteiger partial charge in [-0.1, -0.05) is 38.1 Å². The summed E-state index contributed by atoms with van der Waals surface area (Å²) < 4.78 is 5.55. The first-order valence-corrected chi connectivity index (χ1v) is 7.18. The maximum absolute atomic E-state index is 5.55. The molecule has 2 aromatic rings. The quantitative estimate of drug-likeness (QED) is 0.807. The fourth-order valence-corrected chi connectivity index (χ4v) is 2.23. The van der Waals surface area contributed by atoms with Crippen molar-refractivity contribution in [3.63, 3.8) is 0 Å². The molecular weight excluding hydrogens is 234 g/mol. The van der Waals surface area contributed by atoms with Crippen LogP contribution >= 0.6 is 0 Å². The highest BCUT2D eigenvalue weighted by atomic mass is 16.3. The first-order chi connectivity index (χ1) is 9.33. The van der Waals surface area contributed by atoms with E-state index < -0.39 is 0 Å². The second-order valence-corrected chi connectivity index (χ2v) is 4.90. The van der Waals surface area contributed by atoms with Crippen LogP contribution in [0.2, 0.25) is 0 Å². The van der Waals surface area contributed by atoms with Crippen LogP contribution in [-0.2, 0) is 12.8 Å². The molecule has 1 heterocycles. The predicted molar refractivity (Wildman–Crippen MR) is 79.3 cm³/mol. The third kappa shape index (κ3) is 3.97. The van der Waals surface area contributed by atoms with Crippen LogP contribution in [-0.4, -0.2) is 6.54 Å². The van der Waals surface area contributed by atoms with Gasteiger partial charge in [-0.3, -0.25) is 0 Å². The number of furan rings is 1.